The number of aryl methyl sites for hydroxylation is 2. The molecule has 2 atom stereocenters. The zero-order chi connectivity index (χ0) is 15.4. The fourth-order valence-electron chi connectivity index (χ4n) is 3.09. The Bertz CT molecular complexity index is 473. The summed E-state index contributed by atoms with van der Waals surface area (Å²) in [5.74, 6) is 0.901. The molecule has 0 saturated carbocycles. The van der Waals surface area contributed by atoms with Crippen molar-refractivity contribution in [3.63, 3.8) is 0 Å². The van der Waals surface area contributed by atoms with Gasteiger partial charge >= 0.3 is 0 Å². The van der Waals surface area contributed by atoms with Crippen LogP contribution in [0.3, 0.4) is 0 Å². The molecule has 0 spiro atoms. The van der Waals surface area contributed by atoms with E-state index in [1.165, 1.54) is 36.0 Å². The molecule has 0 unspecified atom stereocenters. The lowest BCUT2D eigenvalue weighted by Gasteiger charge is -2.34. The van der Waals surface area contributed by atoms with E-state index in [0.717, 1.165) is 12.3 Å². The maximum atomic E-state index is 10.2. The van der Waals surface area contributed by atoms with Gasteiger partial charge in [-0.15, -0.1) is 0 Å². The third-order valence-corrected chi connectivity index (χ3v) is 4.58. The Morgan fingerprint density at radius 1 is 1.29 bits per heavy atom. The predicted molar refractivity (Wildman–Crippen MR) is 87.0 cm³/mol. The van der Waals surface area contributed by atoms with Gasteiger partial charge in [0.05, 0.1) is 0 Å². The van der Waals surface area contributed by atoms with E-state index in [9.17, 15) is 5.11 Å². The average molecular weight is 291 g/mol. The van der Waals surface area contributed by atoms with Crippen LogP contribution < -0.4 is 4.74 Å². The number of nitrogens with zero attached hydrogens (tertiary/aromatic N) is 1. The van der Waals surface area contributed by atoms with Gasteiger partial charge in [-0.3, -0.25) is 4.90 Å². The van der Waals surface area contributed by atoms with Crippen molar-refractivity contribution in [2.45, 2.75) is 59.1 Å². The molecule has 3 nitrogen and oxygen atoms in total. The van der Waals surface area contributed by atoms with Crippen LogP contribution in [0.1, 0.15) is 42.9 Å². The molecule has 0 amide bonds. The fraction of sp³-hybridized carbons (Fsp3) is 0.667. The van der Waals surface area contributed by atoms with E-state index >= 15 is 0 Å². The van der Waals surface area contributed by atoms with Gasteiger partial charge in [-0.05, 0) is 69.8 Å². The number of piperidine rings is 1. The zero-order valence-electron chi connectivity index (χ0n) is 13.9. The molecule has 3 heteroatoms. The summed E-state index contributed by atoms with van der Waals surface area (Å²) in [5.41, 5.74) is 3.61. The number of aliphatic hydroxyl groups excluding tert-OH is 1. The number of benzene rings is 1. The summed E-state index contributed by atoms with van der Waals surface area (Å²) < 4.78 is 5.86. The molecule has 0 aliphatic carbocycles. The third kappa shape index (κ3) is 4.45. The summed E-state index contributed by atoms with van der Waals surface area (Å²) in [4.78, 5) is 2.38. The molecule has 21 heavy (non-hydrogen) atoms. The summed E-state index contributed by atoms with van der Waals surface area (Å²) in [6, 6.07) is 4.79. The predicted octanol–water partition coefficient (Wildman–Crippen LogP) is 3.23. The molecule has 1 aliphatic rings. The van der Waals surface area contributed by atoms with Gasteiger partial charge in [-0.25, -0.2) is 0 Å². The van der Waals surface area contributed by atoms with Crippen LogP contribution >= 0.6 is 0 Å². The Balaban J connectivity index is 1.87. The lowest BCUT2D eigenvalue weighted by Crippen LogP contribution is -2.43. The minimum Gasteiger partial charge on any atom is -0.491 e. The van der Waals surface area contributed by atoms with E-state index in [4.69, 9.17) is 4.74 Å². The average Bonchev–Trinajstić information content (AvgIpc) is 2.44. The van der Waals surface area contributed by atoms with Crippen LogP contribution in [0.2, 0.25) is 0 Å². The van der Waals surface area contributed by atoms with Gasteiger partial charge in [0.2, 0.25) is 0 Å². The van der Waals surface area contributed by atoms with Crippen molar-refractivity contribution >= 4 is 0 Å². The van der Waals surface area contributed by atoms with Crippen molar-refractivity contribution in [3.8, 4) is 5.75 Å². The number of β-amino-alcohol motifs (C(OH)–C–C–N with tert-alkyl or cyclic N) is 1. The first-order chi connectivity index (χ1) is 9.97. The molecule has 0 aromatic heterocycles. The minimum absolute atomic E-state index is 0.368. The molecule has 1 fully saturated rings. The summed E-state index contributed by atoms with van der Waals surface area (Å²) in [7, 11) is 0. The first kappa shape index (κ1) is 16.3. The number of ether oxygens (including phenoxy) is 1. The molecule has 1 aromatic rings. The van der Waals surface area contributed by atoms with Crippen LogP contribution in [0, 0.1) is 20.8 Å². The minimum atomic E-state index is -0.425. The van der Waals surface area contributed by atoms with Gasteiger partial charge in [0.15, 0.2) is 0 Å². The maximum absolute atomic E-state index is 10.2. The van der Waals surface area contributed by atoms with Crippen molar-refractivity contribution in [3.05, 3.63) is 28.8 Å². The second kappa shape index (κ2) is 7.28. The van der Waals surface area contributed by atoms with Gasteiger partial charge in [-0.1, -0.05) is 12.5 Å². The Morgan fingerprint density at radius 2 is 2.05 bits per heavy atom. The summed E-state index contributed by atoms with van der Waals surface area (Å²) >= 11 is 0. The Kier molecular flexibility index (Phi) is 5.65. The van der Waals surface area contributed by atoms with E-state index in [1.807, 2.05) is 0 Å². The normalized spacial score (nSPS) is 21.3. The van der Waals surface area contributed by atoms with Crippen LogP contribution in [0.4, 0.5) is 0 Å². The maximum Gasteiger partial charge on any atom is 0.122 e. The Labute approximate surface area is 128 Å². The standard InChI is InChI=1S/C18H29NO2/c1-13-9-14(2)16(4)18(10-13)21-12-17(20)11-19-8-6-5-7-15(19)3/h9-10,15,17,20H,5-8,11-12H2,1-4H3/t15-,17-/m1/s1. The first-order valence-corrected chi connectivity index (χ1v) is 8.10. The van der Waals surface area contributed by atoms with Crippen molar-refractivity contribution in [2.75, 3.05) is 19.7 Å². The number of hydrogen-bond donors (Lipinski definition) is 1. The van der Waals surface area contributed by atoms with Crippen molar-refractivity contribution in [1.29, 1.82) is 0 Å². The molecule has 1 saturated heterocycles. The summed E-state index contributed by atoms with van der Waals surface area (Å²) in [6.45, 7) is 10.7. The number of rotatable bonds is 5. The Hall–Kier alpha value is -1.06. The fourth-order valence-corrected chi connectivity index (χ4v) is 3.09. The molecule has 118 valence electrons. The molecule has 1 aliphatic heterocycles. The summed E-state index contributed by atoms with van der Waals surface area (Å²) in [6.07, 6.45) is 3.37. The van der Waals surface area contributed by atoms with Gasteiger partial charge in [0.25, 0.3) is 0 Å². The first-order valence-electron chi connectivity index (χ1n) is 8.10. The Morgan fingerprint density at radius 3 is 2.76 bits per heavy atom. The van der Waals surface area contributed by atoms with Gasteiger partial charge in [0.1, 0.15) is 18.5 Å². The van der Waals surface area contributed by atoms with Crippen LogP contribution in [0.5, 0.6) is 5.75 Å². The number of likely N-dealkylation sites (tertiary alicyclic amines) is 1. The zero-order valence-corrected chi connectivity index (χ0v) is 13.9. The van der Waals surface area contributed by atoms with Crippen LogP contribution in [-0.2, 0) is 0 Å². The van der Waals surface area contributed by atoms with E-state index in [0.29, 0.717) is 19.2 Å². The van der Waals surface area contributed by atoms with Crippen molar-refractivity contribution in [1.82, 2.24) is 4.90 Å². The van der Waals surface area contributed by atoms with Crippen molar-refractivity contribution < 1.29 is 9.84 Å². The second-order valence-electron chi connectivity index (χ2n) is 6.51. The highest BCUT2D eigenvalue weighted by Crippen LogP contribution is 2.23. The molecule has 2 rings (SSSR count). The molecule has 1 heterocycles. The molecule has 1 N–H and O–H groups in total. The smallest absolute Gasteiger partial charge is 0.122 e. The van der Waals surface area contributed by atoms with Crippen molar-refractivity contribution in [2.24, 2.45) is 0 Å². The highest BCUT2D eigenvalue weighted by Gasteiger charge is 2.21. The second-order valence-corrected chi connectivity index (χ2v) is 6.51. The summed E-state index contributed by atoms with van der Waals surface area (Å²) in [5, 5.41) is 10.2. The van der Waals surface area contributed by atoms with E-state index in [1.54, 1.807) is 0 Å². The number of aliphatic hydroxyl groups is 1. The van der Waals surface area contributed by atoms with E-state index in [2.05, 4.69) is 44.7 Å². The molecular formula is C18H29NO2. The molecular weight excluding hydrogens is 262 g/mol. The van der Waals surface area contributed by atoms with E-state index < -0.39 is 6.10 Å². The molecule has 1 aromatic carbocycles. The quantitative estimate of drug-likeness (QED) is 0.904. The van der Waals surface area contributed by atoms with Crippen LogP contribution in [-0.4, -0.2) is 41.8 Å². The van der Waals surface area contributed by atoms with Gasteiger partial charge < -0.3 is 9.84 Å². The highest BCUT2D eigenvalue weighted by atomic mass is 16.5. The van der Waals surface area contributed by atoms with Gasteiger partial charge in [-0.2, -0.15) is 0 Å². The topological polar surface area (TPSA) is 32.7 Å². The lowest BCUT2D eigenvalue weighted by atomic mass is 10.0. The lowest BCUT2D eigenvalue weighted by molar-refractivity contribution is 0.0436. The highest BCUT2D eigenvalue weighted by molar-refractivity contribution is 5.41. The SMILES string of the molecule is Cc1cc(C)c(C)c(OC[C@H](O)CN2CCCC[C@H]2C)c1. The van der Waals surface area contributed by atoms with Gasteiger partial charge in [0, 0.05) is 12.6 Å². The van der Waals surface area contributed by atoms with Crippen LogP contribution in [0.15, 0.2) is 12.1 Å². The molecule has 0 bridgehead atoms. The largest absolute Gasteiger partial charge is 0.491 e. The monoisotopic (exact) mass is 291 g/mol. The van der Waals surface area contributed by atoms with Crippen LogP contribution in [0.25, 0.3) is 0 Å². The van der Waals surface area contributed by atoms with E-state index in [-0.39, 0.29) is 0 Å². The third-order valence-electron chi connectivity index (χ3n) is 4.58. The molecule has 0 radical (unpaired) electrons. The number of hydrogen-bond acceptors (Lipinski definition) is 3.